The Morgan fingerprint density at radius 3 is 2.45 bits per heavy atom. The molecule has 4 aromatic rings. The van der Waals surface area contributed by atoms with Crippen molar-refractivity contribution in [3.05, 3.63) is 89.1 Å². The molecule has 2 heterocycles. The van der Waals surface area contributed by atoms with Crippen molar-refractivity contribution in [2.45, 2.75) is 43.8 Å². The van der Waals surface area contributed by atoms with Gasteiger partial charge in [0.2, 0.25) is 0 Å². The second-order valence-electron chi connectivity index (χ2n) is 8.81. The highest BCUT2D eigenvalue weighted by molar-refractivity contribution is 7.90. The number of nitrogens with zero attached hydrogens (tertiary/aromatic N) is 3. The average Bonchev–Trinajstić information content (AvgIpc) is 3.06. The molecule has 0 atom stereocenters. The summed E-state index contributed by atoms with van der Waals surface area (Å²) in [6.07, 6.45) is 2.91. The molecule has 0 radical (unpaired) electrons. The van der Waals surface area contributed by atoms with E-state index in [4.69, 9.17) is 0 Å². The topological polar surface area (TPSA) is 78.9 Å². The van der Waals surface area contributed by atoms with E-state index in [1.54, 1.807) is 28.9 Å². The first-order valence-corrected chi connectivity index (χ1v) is 11.7. The monoisotopic (exact) mass is 435 g/mol. The van der Waals surface area contributed by atoms with Crippen LogP contribution in [0, 0.1) is 12.1 Å². The molecule has 0 N–H and O–H groups in total. The zero-order chi connectivity index (χ0) is 22.4. The lowest BCUT2D eigenvalue weighted by Gasteiger charge is -2.19. The highest BCUT2D eigenvalue weighted by Gasteiger charge is 2.22. The SMILES string of the molecule is Cc1cc(CS(=O)(=O)c2ccc(C(C)(C)C)cc2)n(-c2cccc3c[n+]([O-])ccc23)n1. The third-order valence-electron chi connectivity index (χ3n) is 5.32. The maximum atomic E-state index is 13.2. The van der Waals surface area contributed by atoms with E-state index in [1.807, 2.05) is 37.3 Å². The smallest absolute Gasteiger partial charge is 0.188 e. The van der Waals surface area contributed by atoms with Crippen LogP contribution in [0.4, 0.5) is 0 Å². The summed E-state index contributed by atoms with van der Waals surface area (Å²) in [4.78, 5) is 0.288. The highest BCUT2D eigenvalue weighted by atomic mass is 32.2. The number of aromatic nitrogens is 3. The second-order valence-corrected chi connectivity index (χ2v) is 10.8. The average molecular weight is 436 g/mol. The van der Waals surface area contributed by atoms with Gasteiger partial charge in [0.05, 0.1) is 27.7 Å². The Bertz CT molecular complexity index is 1370. The van der Waals surface area contributed by atoms with Crippen molar-refractivity contribution >= 4 is 20.6 Å². The first kappa shape index (κ1) is 21.1. The van der Waals surface area contributed by atoms with Gasteiger partial charge < -0.3 is 5.21 Å². The van der Waals surface area contributed by atoms with Crippen molar-refractivity contribution < 1.29 is 13.1 Å². The van der Waals surface area contributed by atoms with Crippen LogP contribution >= 0.6 is 0 Å². The van der Waals surface area contributed by atoms with Gasteiger partial charge in [0.25, 0.3) is 0 Å². The van der Waals surface area contributed by atoms with E-state index in [0.717, 1.165) is 32.4 Å². The van der Waals surface area contributed by atoms with Crippen LogP contribution in [0.3, 0.4) is 0 Å². The van der Waals surface area contributed by atoms with Crippen molar-refractivity contribution in [2.75, 3.05) is 0 Å². The number of aryl methyl sites for hydroxylation is 1. The molecule has 0 aliphatic rings. The van der Waals surface area contributed by atoms with Crippen LogP contribution < -0.4 is 4.73 Å². The molecular weight excluding hydrogens is 410 g/mol. The van der Waals surface area contributed by atoms with Gasteiger partial charge in [0.15, 0.2) is 22.2 Å². The van der Waals surface area contributed by atoms with Gasteiger partial charge in [-0.25, -0.2) is 13.1 Å². The fraction of sp³-hybridized carbons (Fsp3) is 0.250. The fourth-order valence-electron chi connectivity index (χ4n) is 3.68. The zero-order valence-electron chi connectivity index (χ0n) is 18.0. The lowest BCUT2D eigenvalue weighted by atomic mass is 9.87. The Hall–Kier alpha value is -3.19. The van der Waals surface area contributed by atoms with Gasteiger partial charge in [-0.1, -0.05) is 39.0 Å². The largest absolute Gasteiger partial charge is 0.619 e. The van der Waals surface area contributed by atoms with Gasteiger partial charge >= 0.3 is 0 Å². The number of rotatable bonds is 4. The number of sulfone groups is 1. The number of hydrogen-bond acceptors (Lipinski definition) is 4. The molecule has 0 fully saturated rings. The third-order valence-corrected chi connectivity index (χ3v) is 6.99. The second kappa shape index (κ2) is 7.50. The lowest BCUT2D eigenvalue weighted by molar-refractivity contribution is -0.603. The third kappa shape index (κ3) is 4.18. The van der Waals surface area contributed by atoms with Crippen LogP contribution in [0.5, 0.6) is 0 Å². The molecule has 0 saturated carbocycles. The Morgan fingerprint density at radius 2 is 1.77 bits per heavy atom. The Labute approximate surface area is 182 Å². The summed E-state index contributed by atoms with van der Waals surface area (Å²) in [5.74, 6) is -0.173. The molecule has 0 unspecified atom stereocenters. The van der Waals surface area contributed by atoms with E-state index in [1.165, 1.54) is 12.4 Å². The molecule has 6 nitrogen and oxygen atoms in total. The minimum absolute atomic E-state index is 0.0470. The number of fused-ring (bicyclic) bond motifs is 1. The minimum Gasteiger partial charge on any atom is -0.619 e. The summed E-state index contributed by atoms with van der Waals surface area (Å²) in [5, 5.41) is 17.8. The zero-order valence-corrected chi connectivity index (χ0v) is 18.8. The molecule has 0 aliphatic heterocycles. The van der Waals surface area contributed by atoms with Gasteiger partial charge in [0, 0.05) is 16.8 Å². The number of hydrogen-bond donors (Lipinski definition) is 0. The molecule has 31 heavy (non-hydrogen) atoms. The van der Waals surface area contributed by atoms with E-state index in [-0.39, 0.29) is 16.1 Å². The van der Waals surface area contributed by atoms with Crippen molar-refractivity contribution in [2.24, 2.45) is 0 Å². The lowest BCUT2D eigenvalue weighted by Crippen LogP contribution is -2.23. The maximum Gasteiger partial charge on any atom is 0.188 e. The first-order chi connectivity index (χ1) is 14.5. The van der Waals surface area contributed by atoms with Crippen molar-refractivity contribution in [1.29, 1.82) is 0 Å². The van der Waals surface area contributed by atoms with Crippen molar-refractivity contribution in [3.8, 4) is 5.69 Å². The summed E-state index contributed by atoms with van der Waals surface area (Å²) >= 11 is 0. The van der Waals surface area contributed by atoms with Crippen LogP contribution in [-0.2, 0) is 21.0 Å². The van der Waals surface area contributed by atoms with Crippen molar-refractivity contribution in [1.82, 2.24) is 9.78 Å². The molecule has 0 spiro atoms. The van der Waals surface area contributed by atoms with E-state index < -0.39 is 9.84 Å². The van der Waals surface area contributed by atoms with Gasteiger partial charge in [-0.2, -0.15) is 9.83 Å². The molecule has 0 aliphatic carbocycles. The molecule has 4 rings (SSSR count). The van der Waals surface area contributed by atoms with E-state index in [0.29, 0.717) is 5.69 Å². The van der Waals surface area contributed by atoms with Crippen LogP contribution in [0.1, 0.15) is 37.7 Å². The summed E-state index contributed by atoms with van der Waals surface area (Å²) in [7, 11) is -3.57. The van der Waals surface area contributed by atoms with E-state index in [9.17, 15) is 13.6 Å². The van der Waals surface area contributed by atoms with E-state index >= 15 is 0 Å². The van der Waals surface area contributed by atoms with Gasteiger partial charge in [-0.15, -0.1) is 0 Å². The fourth-order valence-corrected chi connectivity index (χ4v) is 4.99. The standard InChI is InChI=1S/C24H25N3O3S/c1-17-14-20(16-31(29,30)21-10-8-19(9-11-21)24(2,3)4)27(25-17)23-7-5-6-18-15-26(28)13-12-22(18)23/h5-15H,16H2,1-4H3. The van der Waals surface area contributed by atoms with Crippen LogP contribution in [0.2, 0.25) is 0 Å². The normalized spacial score (nSPS) is 12.4. The summed E-state index contributed by atoms with van der Waals surface area (Å²) in [6.45, 7) is 8.12. The first-order valence-electron chi connectivity index (χ1n) is 10.1. The number of pyridine rings is 1. The summed E-state index contributed by atoms with van der Waals surface area (Å²) < 4.78 is 28.8. The Morgan fingerprint density at radius 1 is 1.06 bits per heavy atom. The van der Waals surface area contributed by atoms with E-state index in [2.05, 4.69) is 25.9 Å². The summed E-state index contributed by atoms with van der Waals surface area (Å²) in [6, 6.07) is 16.2. The molecule has 2 aromatic carbocycles. The van der Waals surface area contributed by atoms with Gasteiger partial charge in [0.1, 0.15) is 0 Å². The molecule has 7 heteroatoms. The molecule has 0 amide bonds. The molecule has 2 aromatic heterocycles. The van der Waals surface area contributed by atoms with Crippen LogP contribution in [-0.4, -0.2) is 18.2 Å². The molecule has 0 bridgehead atoms. The van der Waals surface area contributed by atoms with Crippen LogP contribution in [0.15, 0.2) is 71.9 Å². The van der Waals surface area contributed by atoms with Crippen molar-refractivity contribution in [3.63, 3.8) is 0 Å². The minimum atomic E-state index is -3.57. The Kier molecular flexibility index (Phi) is 5.09. The maximum absolute atomic E-state index is 13.2. The van der Waals surface area contributed by atoms with Crippen LogP contribution in [0.25, 0.3) is 16.5 Å². The van der Waals surface area contributed by atoms with Gasteiger partial charge in [-0.3, -0.25) is 0 Å². The Balaban J connectivity index is 1.75. The molecule has 0 saturated heterocycles. The summed E-state index contributed by atoms with van der Waals surface area (Å²) in [5.41, 5.74) is 3.07. The van der Waals surface area contributed by atoms with Gasteiger partial charge in [-0.05, 0) is 48.2 Å². The predicted molar refractivity (Wildman–Crippen MR) is 121 cm³/mol. The molecular formula is C24H25N3O3S. The highest BCUT2D eigenvalue weighted by Crippen LogP contribution is 2.27. The quantitative estimate of drug-likeness (QED) is 0.355. The molecule has 160 valence electrons. The number of benzene rings is 2. The predicted octanol–water partition coefficient (Wildman–Crippen LogP) is 4.24.